The Balaban J connectivity index is 2.19. The average molecular weight is 336 g/mol. The maximum atomic E-state index is 13.2. The Morgan fingerprint density at radius 1 is 1.16 bits per heavy atom. The van der Waals surface area contributed by atoms with Gasteiger partial charge in [0.1, 0.15) is 5.82 Å². The number of hydrogen-bond acceptors (Lipinski definition) is 2. The van der Waals surface area contributed by atoms with Crippen molar-refractivity contribution in [1.29, 1.82) is 5.26 Å². The Kier molecular flexibility index (Phi) is 5.71. The van der Waals surface area contributed by atoms with Crippen molar-refractivity contribution in [3.8, 4) is 6.07 Å². The summed E-state index contributed by atoms with van der Waals surface area (Å²) in [5, 5.41) is 12.1. The summed E-state index contributed by atoms with van der Waals surface area (Å²) in [4.78, 5) is 12.4. The summed E-state index contributed by atoms with van der Waals surface area (Å²) >= 11 is 0. The molecule has 0 saturated carbocycles. The molecule has 0 aromatic heterocycles. The molecule has 3 nitrogen and oxygen atoms in total. The summed E-state index contributed by atoms with van der Waals surface area (Å²) < 4.78 is 13.2. The highest BCUT2D eigenvalue weighted by Crippen LogP contribution is 2.32. The average Bonchev–Trinajstić information content (AvgIpc) is 2.58. The van der Waals surface area contributed by atoms with E-state index in [0.717, 1.165) is 5.56 Å². The van der Waals surface area contributed by atoms with E-state index in [4.69, 9.17) is 5.26 Å². The van der Waals surface area contributed by atoms with Gasteiger partial charge < -0.3 is 5.32 Å². The van der Waals surface area contributed by atoms with E-state index < -0.39 is 0 Å². The zero-order valence-electron chi connectivity index (χ0n) is 14.6. The molecule has 2 aromatic rings. The van der Waals surface area contributed by atoms with Crippen molar-refractivity contribution in [1.82, 2.24) is 5.32 Å². The minimum atomic E-state index is -0.309. The van der Waals surface area contributed by atoms with Gasteiger partial charge in [-0.15, -0.1) is 0 Å². The Hall–Kier alpha value is -2.93. The normalized spacial score (nSPS) is 12.6. The standard InChI is InChI=1S/C21H21FN2O/c1-21(2,3)20(16-8-11-18(22)12-9-16)24-19(25)13-10-15-6-4-5-7-17(15)14-23/h4-13,20H,1-3H3,(H,24,25)/b13-10+. The number of amides is 1. The summed E-state index contributed by atoms with van der Waals surface area (Å²) in [6.45, 7) is 6.03. The molecule has 1 N–H and O–H groups in total. The molecule has 4 heteroatoms. The molecular weight excluding hydrogens is 315 g/mol. The third-order valence-electron chi connectivity index (χ3n) is 3.85. The minimum Gasteiger partial charge on any atom is -0.345 e. The molecule has 0 bridgehead atoms. The Bertz CT molecular complexity index is 811. The zero-order chi connectivity index (χ0) is 18.4. The van der Waals surface area contributed by atoms with Crippen LogP contribution in [0.5, 0.6) is 0 Å². The molecule has 25 heavy (non-hydrogen) atoms. The first-order chi connectivity index (χ1) is 11.8. The van der Waals surface area contributed by atoms with Gasteiger partial charge in [0.05, 0.1) is 17.7 Å². The van der Waals surface area contributed by atoms with Gasteiger partial charge >= 0.3 is 0 Å². The molecule has 0 heterocycles. The number of rotatable bonds is 4. The van der Waals surface area contributed by atoms with Gasteiger partial charge in [0.25, 0.3) is 0 Å². The lowest BCUT2D eigenvalue weighted by Gasteiger charge is -2.31. The minimum absolute atomic E-state index is 0.244. The number of benzene rings is 2. The van der Waals surface area contributed by atoms with E-state index in [2.05, 4.69) is 11.4 Å². The van der Waals surface area contributed by atoms with Crippen LogP contribution < -0.4 is 5.32 Å². The van der Waals surface area contributed by atoms with Gasteiger partial charge in [0, 0.05) is 6.08 Å². The molecule has 1 amide bonds. The van der Waals surface area contributed by atoms with Crippen LogP contribution in [0.1, 0.15) is 43.5 Å². The van der Waals surface area contributed by atoms with E-state index in [-0.39, 0.29) is 23.2 Å². The molecule has 0 spiro atoms. The molecule has 0 aliphatic rings. The van der Waals surface area contributed by atoms with Crippen LogP contribution in [0.4, 0.5) is 4.39 Å². The summed E-state index contributed by atoms with van der Waals surface area (Å²) in [5.41, 5.74) is 1.80. The highest BCUT2D eigenvalue weighted by Gasteiger charge is 2.27. The molecule has 2 aromatic carbocycles. The van der Waals surface area contributed by atoms with E-state index in [1.807, 2.05) is 26.8 Å². The summed E-state index contributed by atoms with van der Waals surface area (Å²) in [5.74, 6) is -0.576. The van der Waals surface area contributed by atoms with E-state index >= 15 is 0 Å². The van der Waals surface area contributed by atoms with E-state index in [1.165, 1.54) is 18.2 Å². The number of hydrogen-bond donors (Lipinski definition) is 1. The molecule has 0 aliphatic heterocycles. The second kappa shape index (κ2) is 7.76. The van der Waals surface area contributed by atoms with Crippen LogP contribution in [0.25, 0.3) is 6.08 Å². The van der Waals surface area contributed by atoms with Crippen molar-refractivity contribution in [2.24, 2.45) is 5.41 Å². The molecule has 0 radical (unpaired) electrons. The van der Waals surface area contributed by atoms with E-state index in [0.29, 0.717) is 11.1 Å². The smallest absolute Gasteiger partial charge is 0.244 e. The van der Waals surface area contributed by atoms with Crippen LogP contribution >= 0.6 is 0 Å². The van der Waals surface area contributed by atoms with Crippen molar-refractivity contribution in [2.45, 2.75) is 26.8 Å². The summed E-state index contributed by atoms with van der Waals surface area (Å²) in [7, 11) is 0. The first-order valence-corrected chi connectivity index (χ1v) is 8.04. The third-order valence-corrected chi connectivity index (χ3v) is 3.85. The van der Waals surface area contributed by atoms with Crippen molar-refractivity contribution >= 4 is 12.0 Å². The SMILES string of the molecule is CC(C)(C)C(NC(=O)/C=C/c1ccccc1C#N)c1ccc(F)cc1. The predicted molar refractivity (Wildman–Crippen MR) is 96.9 cm³/mol. The second-order valence-electron chi connectivity index (χ2n) is 6.89. The molecular formula is C21H21FN2O. The zero-order valence-corrected chi connectivity index (χ0v) is 14.6. The molecule has 0 fully saturated rings. The van der Waals surface area contributed by atoms with Crippen molar-refractivity contribution < 1.29 is 9.18 Å². The van der Waals surface area contributed by atoms with Gasteiger partial charge in [0.15, 0.2) is 0 Å². The van der Waals surface area contributed by atoms with Crippen molar-refractivity contribution in [3.05, 3.63) is 77.1 Å². The van der Waals surface area contributed by atoms with Gasteiger partial charge in [-0.2, -0.15) is 5.26 Å². The molecule has 128 valence electrons. The lowest BCUT2D eigenvalue weighted by Crippen LogP contribution is -2.35. The van der Waals surface area contributed by atoms with Crippen LogP contribution in [-0.2, 0) is 4.79 Å². The van der Waals surface area contributed by atoms with Crippen LogP contribution in [0.15, 0.2) is 54.6 Å². The maximum Gasteiger partial charge on any atom is 0.244 e. The first-order valence-electron chi connectivity index (χ1n) is 8.04. The predicted octanol–water partition coefficient (Wildman–Crippen LogP) is 4.61. The first kappa shape index (κ1) is 18.4. The topological polar surface area (TPSA) is 52.9 Å². The Labute approximate surface area is 147 Å². The molecule has 1 unspecified atom stereocenters. The van der Waals surface area contributed by atoms with Crippen LogP contribution in [-0.4, -0.2) is 5.91 Å². The fourth-order valence-corrected chi connectivity index (χ4v) is 2.56. The van der Waals surface area contributed by atoms with E-state index in [9.17, 15) is 9.18 Å². The quantitative estimate of drug-likeness (QED) is 0.829. The van der Waals surface area contributed by atoms with Crippen molar-refractivity contribution in [3.63, 3.8) is 0 Å². The fraction of sp³-hybridized carbons (Fsp3) is 0.238. The van der Waals surface area contributed by atoms with Gasteiger partial charge in [-0.3, -0.25) is 4.79 Å². The monoisotopic (exact) mass is 336 g/mol. The van der Waals surface area contributed by atoms with Gasteiger partial charge in [0.2, 0.25) is 5.91 Å². The number of nitriles is 1. The number of nitrogens with one attached hydrogen (secondary N) is 1. The van der Waals surface area contributed by atoms with Crippen LogP contribution in [0.3, 0.4) is 0 Å². The van der Waals surface area contributed by atoms with Crippen LogP contribution in [0.2, 0.25) is 0 Å². The third kappa shape index (κ3) is 5.02. The number of nitrogens with zero attached hydrogens (tertiary/aromatic N) is 1. The van der Waals surface area contributed by atoms with Crippen LogP contribution in [0, 0.1) is 22.6 Å². The largest absolute Gasteiger partial charge is 0.345 e. The fourth-order valence-electron chi connectivity index (χ4n) is 2.56. The number of carbonyl (C=O) groups is 1. The van der Waals surface area contributed by atoms with Crippen molar-refractivity contribution in [2.75, 3.05) is 0 Å². The Morgan fingerprint density at radius 3 is 2.40 bits per heavy atom. The molecule has 2 rings (SSSR count). The summed E-state index contributed by atoms with van der Waals surface area (Å²) in [6.07, 6.45) is 3.04. The van der Waals surface area contributed by atoms with Gasteiger partial charge in [-0.1, -0.05) is 51.1 Å². The van der Waals surface area contributed by atoms with E-state index in [1.54, 1.807) is 36.4 Å². The highest BCUT2D eigenvalue weighted by atomic mass is 19.1. The highest BCUT2D eigenvalue weighted by molar-refractivity contribution is 5.92. The lowest BCUT2D eigenvalue weighted by atomic mass is 9.82. The Morgan fingerprint density at radius 2 is 1.80 bits per heavy atom. The van der Waals surface area contributed by atoms with Gasteiger partial charge in [-0.05, 0) is 40.8 Å². The lowest BCUT2D eigenvalue weighted by molar-refractivity contribution is -0.117. The second-order valence-corrected chi connectivity index (χ2v) is 6.89. The number of carbonyl (C=O) groups excluding carboxylic acids is 1. The molecule has 0 saturated heterocycles. The molecule has 1 atom stereocenters. The van der Waals surface area contributed by atoms with Gasteiger partial charge in [-0.25, -0.2) is 4.39 Å². The summed E-state index contributed by atoms with van der Waals surface area (Å²) in [6, 6.07) is 15.0. The molecule has 0 aliphatic carbocycles. The number of halogens is 1. The maximum absolute atomic E-state index is 13.2.